The molecule has 2 aromatic rings. The zero-order chi connectivity index (χ0) is 18.8. The van der Waals surface area contributed by atoms with Gasteiger partial charge in [0.2, 0.25) is 0 Å². The lowest BCUT2D eigenvalue weighted by Gasteiger charge is -2.29. The van der Waals surface area contributed by atoms with E-state index < -0.39 is 17.6 Å². The predicted molar refractivity (Wildman–Crippen MR) is 97.3 cm³/mol. The Morgan fingerprint density at radius 3 is 2.65 bits per heavy atom. The van der Waals surface area contributed by atoms with E-state index in [2.05, 4.69) is 5.32 Å². The van der Waals surface area contributed by atoms with E-state index in [1.54, 1.807) is 6.07 Å². The molecule has 1 aliphatic heterocycles. The van der Waals surface area contributed by atoms with Crippen LogP contribution in [0.2, 0.25) is 0 Å². The van der Waals surface area contributed by atoms with Crippen molar-refractivity contribution in [3.63, 3.8) is 0 Å². The van der Waals surface area contributed by atoms with Gasteiger partial charge in [-0.05, 0) is 48.1 Å². The second kappa shape index (κ2) is 6.93. The third kappa shape index (κ3) is 3.14. The van der Waals surface area contributed by atoms with E-state index in [0.29, 0.717) is 5.56 Å². The Hall–Kier alpha value is -3.26. The summed E-state index contributed by atoms with van der Waals surface area (Å²) in [6.45, 7) is 0. The van der Waals surface area contributed by atoms with Crippen molar-refractivity contribution in [2.75, 3.05) is 12.0 Å². The molecular weight excluding hydrogens is 359 g/mol. The number of nitrogens with zero attached hydrogens (tertiary/aromatic N) is 1. The Morgan fingerprint density at radius 2 is 1.96 bits per heavy atom. The third-order valence-electron chi connectivity index (χ3n) is 3.71. The molecule has 2 aromatic carbocycles. The highest BCUT2D eigenvalue weighted by molar-refractivity contribution is 7.80. The first-order valence-electron chi connectivity index (χ1n) is 7.45. The lowest BCUT2D eigenvalue weighted by atomic mass is 10.1. The van der Waals surface area contributed by atoms with Crippen LogP contribution in [-0.4, -0.2) is 29.1 Å². The summed E-state index contributed by atoms with van der Waals surface area (Å²) in [5, 5.41) is 11.8. The first-order chi connectivity index (χ1) is 12.4. The molecule has 0 spiro atoms. The van der Waals surface area contributed by atoms with Gasteiger partial charge in [0.25, 0.3) is 11.8 Å². The zero-order valence-corrected chi connectivity index (χ0v) is 14.3. The number of aromatic hydroxyl groups is 1. The molecule has 1 heterocycles. The van der Waals surface area contributed by atoms with E-state index in [-0.39, 0.29) is 27.9 Å². The Kier molecular flexibility index (Phi) is 4.68. The largest absolute Gasteiger partial charge is 0.504 e. The molecule has 132 valence electrons. The van der Waals surface area contributed by atoms with Gasteiger partial charge in [-0.2, -0.15) is 0 Å². The van der Waals surface area contributed by atoms with E-state index in [4.69, 9.17) is 17.0 Å². The molecule has 2 N–H and O–H groups in total. The number of phenols is 1. The maximum Gasteiger partial charge on any atom is 0.270 e. The first-order valence-corrected chi connectivity index (χ1v) is 7.86. The number of carbonyl (C=O) groups is 2. The van der Waals surface area contributed by atoms with Gasteiger partial charge in [0.1, 0.15) is 11.4 Å². The van der Waals surface area contributed by atoms with Crippen LogP contribution in [0.3, 0.4) is 0 Å². The number of hydrogen-bond donors (Lipinski definition) is 2. The molecule has 26 heavy (non-hydrogen) atoms. The Morgan fingerprint density at radius 1 is 1.23 bits per heavy atom. The average molecular weight is 372 g/mol. The Balaban J connectivity index is 2.04. The molecule has 2 amide bonds. The molecule has 0 atom stereocenters. The Labute approximate surface area is 153 Å². The number of para-hydroxylation sites is 1. The zero-order valence-electron chi connectivity index (χ0n) is 13.5. The van der Waals surface area contributed by atoms with Gasteiger partial charge in [-0.25, -0.2) is 9.29 Å². The van der Waals surface area contributed by atoms with Crippen LogP contribution in [0.25, 0.3) is 6.08 Å². The van der Waals surface area contributed by atoms with Gasteiger partial charge >= 0.3 is 0 Å². The van der Waals surface area contributed by atoms with Gasteiger partial charge in [0.15, 0.2) is 16.6 Å². The van der Waals surface area contributed by atoms with Crippen molar-refractivity contribution in [1.82, 2.24) is 5.32 Å². The molecule has 0 bridgehead atoms. The number of benzene rings is 2. The second-order valence-corrected chi connectivity index (χ2v) is 5.73. The normalized spacial score (nSPS) is 16.0. The van der Waals surface area contributed by atoms with Crippen LogP contribution in [0.5, 0.6) is 11.5 Å². The van der Waals surface area contributed by atoms with E-state index in [9.17, 15) is 19.1 Å². The van der Waals surface area contributed by atoms with E-state index in [1.165, 1.54) is 49.6 Å². The van der Waals surface area contributed by atoms with Crippen molar-refractivity contribution >= 4 is 40.9 Å². The van der Waals surface area contributed by atoms with E-state index >= 15 is 0 Å². The minimum absolute atomic E-state index is 0.0586. The predicted octanol–water partition coefficient (Wildman–Crippen LogP) is 2.37. The summed E-state index contributed by atoms with van der Waals surface area (Å²) in [4.78, 5) is 25.9. The van der Waals surface area contributed by atoms with Crippen molar-refractivity contribution in [2.45, 2.75) is 0 Å². The summed E-state index contributed by atoms with van der Waals surface area (Å²) in [6.07, 6.45) is 1.31. The van der Waals surface area contributed by atoms with E-state index in [0.717, 1.165) is 4.90 Å². The number of rotatable bonds is 3. The second-order valence-electron chi connectivity index (χ2n) is 5.34. The molecule has 0 radical (unpaired) electrons. The van der Waals surface area contributed by atoms with Crippen molar-refractivity contribution in [3.8, 4) is 11.5 Å². The van der Waals surface area contributed by atoms with E-state index in [1.807, 2.05) is 0 Å². The number of nitrogens with one attached hydrogen (secondary N) is 1. The topological polar surface area (TPSA) is 78.9 Å². The Bertz CT molecular complexity index is 958. The lowest BCUT2D eigenvalue weighted by molar-refractivity contribution is -0.122. The van der Waals surface area contributed by atoms with Crippen LogP contribution in [0.1, 0.15) is 5.56 Å². The number of thiocarbonyl (C=S) groups is 1. The molecule has 0 aromatic heterocycles. The fourth-order valence-corrected chi connectivity index (χ4v) is 2.73. The highest BCUT2D eigenvalue weighted by Gasteiger charge is 2.35. The monoisotopic (exact) mass is 372 g/mol. The van der Waals surface area contributed by atoms with Gasteiger partial charge in [0, 0.05) is 0 Å². The number of anilines is 1. The molecule has 0 unspecified atom stereocenters. The van der Waals surface area contributed by atoms with Gasteiger partial charge in [-0.15, -0.1) is 0 Å². The number of amides is 2. The number of hydrogen-bond acceptors (Lipinski definition) is 5. The average Bonchev–Trinajstić information content (AvgIpc) is 2.61. The minimum Gasteiger partial charge on any atom is -0.504 e. The fourth-order valence-electron chi connectivity index (χ4n) is 2.46. The lowest BCUT2D eigenvalue weighted by Crippen LogP contribution is -2.54. The quantitative estimate of drug-likeness (QED) is 0.491. The molecule has 1 fully saturated rings. The third-order valence-corrected chi connectivity index (χ3v) is 3.99. The van der Waals surface area contributed by atoms with Gasteiger partial charge in [0.05, 0.1) is 12.8 Å². The number of methoxy groups -OCH3 is 1. The van der Waals surface area contributed by atoms with Crippen molar-refractivity contribution in [1.29, 1.82) is 0 Å². The summed E-state index contributed by atoms with van der Waals surface area (Å²) in [6, 6.07) is 9.95. The van der Waals surface area contributed by atoms with Crippen LogP contribution in [-0.2, 0) is 9.59 Å². The van der Waals surface area contributed by atoms with Gasteiger partial charge in [-0.1, -0.05) is 18.2 Å². The van der Waals surface area contributed by atoms with Crippen molar-refractivity contribution in [3.05, 3.63) is 59.4 Å². The molecule has 1 saturated heterocycles. The minimum atomic E-state index is -0.754. The van der Waals surface area contributed by atoms with Crippen LogP contribution < -0.4 is 15.0 Å². The summed E-state index contributed by atoms with van der Waals surface area (Å²) < 4.78 is 19.1. The SMILES string of the molecule is COc1cc(/C=C2\C(=O)NC(=S)N(c3ccccc3F)C2=O)ccc1O. The van der Waals surface area contributed by atoms with Gasteiger partial charge in [-0.3, -0.25) is 14.9 Å². The molecular formula is C18H13FN2O4S. The summed E-state index contributed by atoms with van der Waals surface area (Å²) in [5.74, 6) is -1.99. The van der Waals surface area contributed by atoms with Crippen LogP contribution in [0.4, 0.5) is 10.1 Å². The number of carbonyl (C=O) groups excluding carboxylic acids is 2. The standard InChI is InChI=1S/C18H13FN2O4S/c1-25-15-9-10(6-7-14(15)22)8-11-16(23)20-18(26)21(17(11)24)13-5-3-2-4-12(13)19/h2-9,22H,1H3,(H,20,23,26)/b11-8+. The smallest absolute Gasteiger partial charge is 0.270 e. The van der Waals surface area contributed by atoms with Crippen molar-refractivity contribution in [2.24, 2.45) is 0 Å². The molecule has 6 nitrogen and oxygen atoms in total. The number of phenolic OH excluding ortho intramolecular Hbond substituents is 1. The molecule has 0 saturated carbocycles. The first kappa shape index (κ1) is 17.6. The van der Waals surface area contributed by atoms with Crippen molar-refractivity contribution < 1.29 is 23.8 Å². The summed E-state index contributed by atoms with van der Waals surface area (Å²) >= 11 is 5.02. The molecule has 3 rings (SSSR count). The highest BCUT2D eigenvalue weighted by Crippen LogP contribution is 2.29. The molecule has 0 aliphatic carbocycles. The fraction of sp³-hybridized carbons (Fsp3) is 0.0556. The van der Waals surface area contributed by atoms with Crippen LogP contribution in [0.15, 0.2) is 48.0 Å². The highest BCUT2D eigenvalue weighted by atomic mass is 32.1. The molecule has 1 aliphatic rings. The maximum absolute atomic E-state index is 14.1. The molecule has 8 heteroatoms. The number of ether oxygens (including phenoxy) is 1. The maximum atomic E-state index is 14.1. The number of halogens is 1. The van der Waals surface area contributed by atoms with Gasteiger partial charge < -0.3 is 9.84 Å². The summed E-state index contributed by atoms with van der Waals surface area (Å²) in [7, 11) is 1.38. The van der Waals surface area contributed by atoms with Crippen LogP contribution >= 0.6 is 12.2 Å². The summed E-state index contributed by atoms with van der Waals surface area (Å²) in [5.41, 5.74) is 0.158. The van der Waals surface area contributed by atoms with Crippen LogP contribution in [0, 0.1) is 5.82 Å².